The van der Waals surface area contributed by atoms with Gasteiger partial charge in [0.05, 0.1) is 0 Å². The Morgan fingerprint density at radius 1 is 1.32 bits per heavy atom. The third-order valence-corrected chi connectivity index (χ3v) is 3.65. The number of hydrogen-bond donors (Lipinski definition) is 1. The minimum absolute atomic E-state index is 0.441. The summed E-state index contributed by atoms with van der Waals surface area (Å²) in [4.78, 5) is 11.3. The first kappa shape index (κ1) is 12.7. The van der Waals surface area contributed by atoms with Crippen molar-refractivity contribution in [3.63, 3.8) is 0 Å². The van der Waals surface area contributed by atoms with E-state index in [2.05, 4.69) is 14.9 Å². The van der Waals surface area contributed by atoms with Crippen LogP contribution < -0.4 is 10.6 Å². The highest BCUT2D eigenvalue weighted by atomic mass is 16.5. The van der Waals surface area contributed by atoms with E-state index in [9.17, 15) is 0 Å². The molecule has 5 heteroatoms. The largest absolute Gasteiger partial charge is 0.384 e. The first-order valence-corrected chi connectivity index (χ1v) is 7.24. The van der Waals surface area contributed by atoms with Crippen LogP contribution in [0, 0.1) is 5.92 Å². The van der Waals surface area contributed by atoms with Crippen molar-refractivity contribution in [3.8, 4) is 0 Å². The maximum atomic E-state index is 5.90. The maximum Gasteiger partial charge on any atom is 0.158 e. The van der Waals surface area contributed by atoms with Crippen molar-refractivity contribution in [1.82, 2.24) is 9.97 Å². The van der Waals surface area contributed by atoms with Gasteiger partial charge in [-0.2, -0.15) is 0 Å². The monoisotopic (exact) mass is 262 g/mol. The highest BCUT2D eigenvalue weighted by molar-refractivity contribution is 5.49. The molecule has 0 saturated heterocycles. The zero-order chi connectivity index (χ0) is 13.2. The van der Waals surface area contributed by atoms with Gasteiger partial charge in [0.1, 0.15) is 18.2 Å². The molecule has 0 spiro atoms. The van der Waals surface area contributed by atoms with Crippen LogP contribution in [0.5, 0.6) is 0 Å². The Morgan fingerprint density at radius 3 is 2.74 bits per heavy atom. The van der Waals surface area contributed by atoms with Crippen LogP contribution >= 0.6 is 0 Å². The number of hydrogen-bond acceptors (Lipinski definition) is 5. The normalized spacial score (nSPS) is 18.6. The zero-order valence-electron chi connectivity index (χ0n) is 11.5. The van der Waals surface area contributed by atoms with Crippen LogP contribution in [0.2, 0.25) is 0 Å². The molecule has 2 fully saturated rings. The van der Waals surface area contributed by atoms with Crippen molar-refractivity contribution in [2.24, 2.45) is 5.92 Å². The molecule has 104 valence electrons. The van der Waals surface area contributed by atoms with Gasteiger partial charge in [-0.1, -0.05) is 0 Å². The van der Waals surface area contributed by atoms with Crippen molar-refractivity contribution >= 4 is 11.6 Å². The smallest absolute Gasteiger partial charge is 0.158 e. The van der Waals surface area contributed by atoms with E-state index in [4.69, 9.17) is 10.5 Å². The molecule has 2 saturated carbocycles. The first-order chi connectivity index (χ1) is 9.26. The Morgan fingerprint density at radius 2 is 2.11 bits per heavy atom. The summed E-state index contributed by atoms with van der Waals surface area (Å²) in [6.45, 7) is 4.20. The van der Waals surface area contributed by atoms with Crippen molar-refractivity contribution < 1.29 is 4.74 Å². The molecule has 0 radical (unpaired) electrons. The molecular weight excluding hydrogens is 240 g/mol. The number of anilines is 2. The van der Waals surface area contributed by atoms with Crippen LogP contribution in [0.3, 0.4) is 0 Å². The molecule has 2 aliphatic carbocycles. The van der Waals surface area contributed by atoms with Gasteiger partial charge in [-0.3, -0.25) is 0 Å². The Kier molecular flexibility index (Phi) is 3.55. The molecule has 1 aromatic heterocycles. The SMILES string of the molecule is CCOCc1nc(N)cc(N(CC2CC2)C2CC2)n1. The second-order valence-corrected chi connectivity index (χ2v) is 5.53. The van der Waals surface area contributed by atoms with E-state index in [-0.39, 0.29) is 0 Å². The highest BCUT2D eigenvalue weighted by Crippen LogP contribution is 2.37. The lowest BCUT2D eigenvalue weighted by Gasteiger charge is -2.24. The van der Waals surface area contributed by atoms with Crippen LogP contribution in [-0.4, -0.2) is 29.2 Å². The summed E-state index contributed by atoms with van der Waals surface area (Å²) in [5, 5.41) is 0. The van der Waals surface area contributed by atoms with E-state index >= 15 is 0 Å². The number of nitrogens with zero attached hydrogens (tertiary/aromatic N) is 3. The number of nitrogens with two attached hydrogens (primary N) is 1. The summed E-state index contributed by atoms with van der Waals surface area (Å²) in [5.41, 5.74) is 5.90. The summed E-state index contributed by atoms with van der Waals surface area (Å²) in [6, 6.07) is 2.56. The average Bonchev–Trinajstić information content (AvgIpc) is 3.26. The third kappa shape index (κ3) is 3.35. The van der Waals surface area contributed by atoms with Gasteiger partial charge in [0, 0.05) is 25.3 Å². The maximum absolute atomic E-state index is 5.90. The summed E-state index contributed by atoms with van der Waals surface area (Å²) in [7, 11) is 0. The van der Waals surface area contributed by atoms with E-state index in [0.717, 1.165) is 18.3 Å². The lowest BCUT2D eigenvalue weighted by Crippen LogP contribution is -2.29. The minimum atomic E-state index is 0.441. The molecule has 0 aliphatic heterocycles. The van der Waals surface area contributed by atoms with Crippen molar-refractivity contribution in [2.45, 2.75) is 45.3 Å². The van der Waals surface area contributed by atoms with E-state index in [0.29, 0.717) is 30.9 Å². The number of nitrogen functional groups attached to an aromatic ring is 1. The molecule has 0 aromatic carbocycles. The lowest BCUT2D eigenvalue weighted by molar-refractivity contribution is 0.128. The van der Waals surface area contributed by atoms with Gasteiger partial charge < -0.3 is 15.4 Å². The Bertz CT molecular complexity index is 443. The standard InChI is InChI=1S/C14H22N4O/c1-2-19-9-13-16-12(15)7-14(17-13)18(11-5-6-11)8-10-3-4-10/h7,10-11H,2-6,8-9H2,1H3,(H2,15,16,17). The topological polar surface area (TPSA) is 64.3 Å². The fourth-order valence-electron chi connectivity index (χ4n) is 2.30. The summed E-state index contributed by atoms with van der Waals surface area (Å²) < 4.78 is 5.38. The fraction of sp³-hybridized carbons (Fsp3) is 0.714. The van der Waals surface area contributed by atoms with Gasteiger partial charge in [-0.25, -0.2) is 9.97 Å². The van der Waals surface area contributed by atoms with E-state index in [1.54, 1.807) is 0 Å². The Labute approximate surface area is 114 Å². The van der Waals surface area contributed by atoms with Gasteiger partial charge in [0.2, 0.25) is 0 Å². The number of aromatic nitrogens is 2. The molecule has 0 atom stereocenters. The van der Waals surface area contributed by atoms with Crippen molar-refractivity contribution in [2.75, 3.05) is 23.8 Å². The van der Waals surface area contributed by atoms with E-state index in [1.165, 1.54) is 25.7 Å². The molecule has 19 heavy (non-hydrogen) atoms. The van der Waals surface area contributed by atoms with Crippen LogP contribution in [0.1, 0.15) is 38.4 Å². The van der Waals surface area contributed by atoms with Crippen molar-refractivity contribution in [1.29, 1.82) is 0 Å². The first-order valence-electron chi connectivity index (χ1n) is 7.24. The quantitative estimate of drug-likeness (QED) is 0.814. The molecule has 1 heterocycles. The summed E-state index contributed by atoms with van der Waals surface area (Å²) in [6.07, 6.45) is 5.26. The molecule has 5 nitrogen and oxygen atoms in total. The van der Waals surface area contributed by atoms with E-state index < -0.39 is 0 Å². The fourth-order valence-corrected chi connectivity index (χ4v) is 2.30. The second kappa shape index (κ2) is 5.33. The summed E-state index contributed by atoms with van der Waals surface area (Å²) in [5.74, 6) is 3.07. The predicted octanol–water partition coefficient (Wildman–Crippen LogP) is 1.97. The number of ether oxygens (including phenoxy) is 1. The average molecular weight is 262 g/mol. The minimum Gasteiger partial charge on any atom is -0.384 e. The van der Waals surface area contributed by atoms with Crippen LogP contribution in [0.4, 0.5) is 11.6 Å². The molecule has 2 aliphatic rings. The molecular formula is C14H22N4O. The highest BCUT2D eigenvalue weighted by Gasteiger charge is 2.34. The zero-order valence-corrected chi connectivity index (χ0v) is 11.5. The summed E-state index contributed by atoms with van der Waals surface area (Å²) >= 11 is 0. The van der Waals surface area contributed by atoms with Crippen LogP contribution in [-0.2, 0) is 11.3 Å². The van der Waals surface area contributed by atoms with Crippen LogP contribution in [0.15, 0.2) is 6.07 Å². The molecule has 2 N–H and O–H groups in total. The molecule has 0 unspecified atom stereocenters. The van der Waals surface area contributed by atoms with Gasteiger partial charge in [-0.15, -0.1) is 0 Å². The lowest BCUT2D eigenvalue weighted by atomic mass is 10.3. The molecule has 0 amide bonds. The Balaban J connectivity index is 1.77. The molecule has 3 rings (SSSR count). The molecule has 0 bridgehead atoms. The number of rotatable bonds is 7. The second-order valence-electron chi connectivity index (χ2n) is 5.53. The van der Waals surface area contributed by atoms with Crippen molar-refractivity contribution in [3.05, 3.63) is 11.9 Å². The van der Waals surface area contributed by atoms with E-state index in [1.807, 2.05) is 13.0 Å². The third-order valence-electron chi connectivity index (χ3n) is 3.65. The van der Waals surface area contributed by atoms with Gasteiger partial charge in [0.25, 0.3) is 0 Å². The van der Waals surface area contributed by atoms with Gasteiger partial charge in [0.15, 0.2) is 5.82 Å². The van der Waals surface area contributed by atoms with Gasteiger partial charge in [-0.05, 0) is 38.5 Å². The molecule has 1 aromatic rings. The Hall–Kier alpha value is -1.36. The van der Waals surface area contributed by atoms with Crippen LogP contribution in [0.25, 0.3) is 0 Å². The predicted molar refractivity (Wildman–Crippen MR) is 74.9 cm³/mol. The van der Waals surface area contributed by atoms with Gasteiger partial charge >= 0.3 is 0 Å².